The zero-order chi connectivity index (χ0) is 13.8. The number of pyridine rings is 1. The van der Waals surface area contributed by atoms with Crippen LogP contribution in [-0.2, 0) is 0 Å². The summed E-state index contributed by atoms with van der Waals surface area (Å²) in [6, 6.07) is 3.79. The van der Waals surface area contributed by atoms with Crippen molar-refractivity contribution in [3.8, 4) is 0 Å². The molecule has 4 heteroatoms. The van der Waals surface area contributed by atoms with Crippen LogP contribution in [0.25, 0.3) is 0 Å². The third kappa shape index (κ3) is 4.25. The van der Waals surface area contributed by atoms with Gasteiger partial charge in [-0.3, -0.25) is 4.99 Å². The highest BCUT2D eigenvalue weighted by Crippen LogP contribution is 2.29. The fourth-order valence-corrected chi connectivity index (χ4v) is 2.16. The molecule has 1 heterocycles. The highest BCUT2D eigenvalue weighted by molar-refractivity contribution is 6.34. The Bertz CT molecular complexity index is 428. The molecule has 0 radical (unpaired) electrons. The first-order valence-corrected chi connectivity index (χ1v) is 6.97. The summed E-state index contributed by atoms with van der Waals surface area (Å²) >= 11 is 11.8. The number of aromatic nitrogens is 1. The first kappa shape index (κ1) is 15.5. The molecule has 18 heavy (non-hydrogen) atoms. The van der Waals surface area contributed by atoms with Gasteiger partial charge in [-0.05, 0) is 30.9 Å². The van der Waals surface area contributed by atoms with Gasteiger partial charge in [0.1, 0.15) is 10.3 Å². The van der Waals surface area contributed by atoms with Crippen molar-refractivity contribution in [2.24, 2.45) is 10.4 Å². The highest BCUT2D eigenvalue weighted by atomic mass is 35.5. The average molecular weight is 287 g/mol. The van der Waals surface area contributed by atoms with Crippen LogP contribution >= 0.6 is 23.2 Å². The van der Waals surface area contributed by atoms with E-state index in [-0.39, 0.29) is 11.5 Å². The van der Waals surface area contributed by atoms with E-state index in [2.05, 4.69) is 37.7 Å². The quantitative estimate of drug-likeness (QED) is 0.551. The van der Waals surface area contributed by atoms with Crippen molar-refractivity contribution >= 4 is 29.4 Å². The van der Waals surface area contributed by atoms with Crippen LogP contribution in [-0.4, -0.2) is 17.2 Å². The second kappa shape index (κ2) is 6.53. The Morgan fingerprint density at radius 3 is 2.61 bits per heavy atom. The summed E-state index contributed by atoms with van der Waals surface area (Å²) in [7, 11) is 0. The van der Waals surface area contributed by atoms with Gasteiger partial charge in [-0.15, -0.1) is 0 Å². The average Bonchev–Trinajstić information content (AvgIpc) is 2.27. The van der Waals surface area contributed by atoms with E-state index in [1.54, 1.807) is 12.3 Å². The van der Waals surface area contributed by atoms with E-state index in [4.69, 9.17) is 23.2 Å². The van der Waals surface area contributed by atoms with Crippen LogP contribution in [0, 0.1) is 5.41 Å². The Balaban J connectivity index is 2.80. The molecule has 1 unspecified atom stereocenters. The molecule has 0 saturated carbocycles. The lowest BCUT2D eigenvalue weighted by Gasteiger charge is -2.28. The van der Waals surface area contributed by atoms with Gasteiger partial charge >= 0.3 is 0 Å². The summed E-state index contributed by atoms with van der Waals surface area (Å²) in [6.07, 6.45) is 4.10. The minimum Gasteiger partial charge on any atom is -0.289 e. The fraction of sp³-hybridized carbons (Fsp3) is 0.571. The number of rotatable bonds is 5. The van der Waals surface area contributed by atoms with Crippen LogP contribution < -0.4 is 0 Å². The van der Waals surface area contributed by atoms with Crippen molar-refractivity contribution in [3.63, 3.8) is 0 Å². The molecule has 0 aliphatic rings. The van der Waals surface area contributed by atoms with Gasteiger partial charge in [0, 0.05) is 11.8 Å². The molecule has 0 saturated heterocycles. The zero-order valence-electron chi connectivity index (χ0n) is 11.4. The SMILES string of the molecule is CCCC(C)(C)C(C)N=Cc1ccc(Cl)nc1Cl. The summed E-state index contributed by atoms with van der Waals surface area (Å²) in [6.45, 7) is 8.79. The zero-order valence-corrected chi connectivity index (χ0v) is 12.9. The number of hydrogen-bond acceptors (Lipinski definition) is 2. The third-order valence-corrected chi connectivity index (χ3v) is 3.82. The van der Waals surface area contributed by atoms with Gasteiger partial charge in [0.2, 0.25) is 0 Å². The Hall–Kier alpha value is -0.600. The second-order valence-corrected chi connectivity index (χ2v) is 5.95. The third-order valence-electron chi connectivity index (χ3n) is 3.31. The van der Waals surface area contributed by atoms with Gasteiger partial charge in [-0.25, -0.2) is 4.98 Å². The van der Waals surface area contributed by atoms with Gasteiger partial charge in [0.25, 0.3) is 0 Å². The van der Waals surface area contributed by atoms with Gasteiger partial charge in [-0.2, -0.15) is 0 Å². The number of hydrogen-bond donors (Lipinski definition) is 0. The molecule has 0 aliphatic heterocycles. The van der Waals surface area contributed by atoms with E-state index < -0.39 is 0 Å². The van der Waals surface area contributed by atoms with Gasteiger partial charge in [0.15, 0.2) is 0 Å². The standard InChI is InChI=1S/C14H20Cl2N2/c1-5-8-14(3,4)10(2)17-9-11-6-7-12(15)18-13(11)16/h6-7,9-10H,5,8H2,1-4H3. The highest BCUT2D eigenvalue weighted by Gasteiger charge is 2.23. The number of nitrogens with zero attached hydrogens (tertiary/aromatic N) is 2. The monoisotopic (exact) mass is 286 g/mol. The Morgan fingerprint density at radius 1 is 1.39 bits per heavy atom. The molecule has 0 fully saturated rings. The molecule has 0 spiro atoms. The van der Waals surface area contributed by atoms with Gasteiger partial charge in [0.05, 0.1) is 6.04 Å². The van der Waals surface area contributed by atoms with Crippen molar-refractivity contribution in [2.45, 2.75) is 46.6 Å². The summed E-state index contributed by atoms with van der Waals surface area (Å²) in [4.78, 5) is 8.57. The fourth-order valence-electron chi connectivity index (χ4n) is 1.77. The first-order chi connectivity index (χ1) is 8.36. The molecule has 0 aromatic carbocycles. The van der Waals surface area contributed by atoms with Crippen molar-refractivity contribution in [2.75, 3.05) is 0 Å². The molecular weight excluding hydrogens is 267 g/mol. The van der Waals surface area contributed by atoms with Gasteiger partial charge in [-0.1, -0.05) is 50.4 Å². The summed E-state index contributed by atoms with van der Waals surface area (Å²) in [5.74, 6) is 0. The van der Waals surface area contributed by atoms with Crippen LogP contribution in [0.1, 0.15) is 46.1 Å². The van der Waals surface area contributed by atoms with E-state index in [1.165, 1.54) is 0 Å². The number of halogens is 2. The maximum atomic E-state index is 6.00. The van der Waals surface area contributed by atoms with E-state index in [9.17, 15) is 0 Å². The maximum Gasteiger partial charge on any atom is 0.139 e. The Morgan fingerprint density at radius 2 is 2.06 bits per heavy atom. The molecule has 0 amide bonds. The van der Waals surface area contributed by atoms with E-state index in [0.29, 0.717) is 10.3 Å². The molecular formula is C14H20Cl2N2. The molecule has 100 valence electrons. The maximum absolute atomic E-state index is 6.00. The molecule has 1 aromatic heterocycles. The smallest absolute Gasteiger partial charge is 0.139 e. The lowest BCUT2D eigenvalue weighted by molar-refractivity contribution is 0.277. The molecule has 0 N–H and O–H groups in total. The Labute approximate surface area is 119 Å². The molecule has 0 bridgehead atoms. The summed E-state index contributed by atoms with van der Waals surface area (Å²) < 4.78 is 0. The van der Waals surface area contributed by atoms with E-state index in [1.807, 2.05) is 6.07 Å². The summed E-state index contributed by atoms with van der Waals surface area (Å²) in [5, 5.41) is 0.795. The topological polar surface area (TPSA) is 25.2 Å². The van der Waals surface area contributed by atoms with E-state index >= 15 is 0 Å². The summed E-state index contributed by atoms with van der Waals surface area (Å²) in [5.41, 5.74) is 0.998. The Kier molecular flexibility index (Phi) is 5.61. The normalized spacial score (nSPS) is 14.1. The van der Waals surface area contributed by atoms with Crippen molar-refractivity contribution in [1.29, 1.82) is 0 Å². The van der Waals surface area contributed by atoms with Crippen LogP contribution in [0.4, 0.5) is 0 Å². The first-order valence-electron chi connectivity index (χ1n) is 6.22. The predicted molar refractivity (Wildman–Crippen MR) is 80.0 cm³/mol. The predicted octanol–water partition coefficient (Wildman–Crippen LogP) is 5.02. The van der Waals surface area contributed by atoms with Crippen LogP contribution in [0.3, 0.4) is 0 Å². The minimum atomic E-state index is 0.192. The molecule has 1 rings (SSSR count). The molecule has 2 nitrogen and oxygen atoms in total. The lowest BCUT2D eigenvalue weighted by atomic mass is 9.81. The van der Waals surface area contributed by atoms with Crippen LogP contribution in [0.2, 0.25) is 10.3 Å². The van der Waals surface area contributed by atoms with Gasteiger partial charge < -0.3 is 0 Å². The minimum absolute atomic E-state index is 0.192. The molecule has 1 atom stereocenters. The lowest BCUT2D eigenvalue weighted by Crippen LogP contribution is -2.24. The number of aliphatic imine (C=N–C) groups is 1. The molecule has 0 aliphatic carbocycles. The van der Waals surface area contributed by atoms with E-state index in [0.717, 1.165) is 18.4 Å². The van der Waals surface area contributed by atoms with Crippen LogP contribution in [0.5, 0.6) is 0 Å². The van der Waals surface area contributed by atoms with Crippen molar-refractivity contribution < 1.29 is 0 Å². The largest absolute Gasteiger partial charge is 0.289 e. The van der Waals surface area contributed by atoms with Crippen molar-refractivity contribution in [1.82, 2.24) is 4.98 Å². The second-order valence-electron chi connectivity index (χ2n) is 5.21. The van der Waals surface area contributed by atoms with Crippen molar-refractivity contribution in [3.05, 3.63) is 28.0 Å². The van der Waals surface area contributed by atoms with Crippen LogP contribution in [0.15, 0.2) is 17.1 Å². The molecule has 1 aromatic rings.